The smallest absolute Gasteiger partial charge is 0.391 e. The molecule has 3 N–H and O–H groups in total. The second-order valence-corrected chi connectivity index (χ2v) is 4.05. The van der Waals surface area contributed by atoms with Crippen LogP contribution in [0.5, 0.6) is 0 Å². The van der Waals surface area contributed by atoms with Crippen molar-refractivity contribution in [3.8, 4) is 0 Å². The Kier molecular flexibility index (Phi) is 3.51. The summed E-state index contributed by atoms with van der Waals surface area (Å²) in [7, 11) is 0.826. The maximum atomic E-state index is 10.3. The van der Waals surface area contributed by atoms with Crippen molar-refractivity contribution < 1.29 is 28.7 Å². The molecule has 0 aromatic carbocycles. The maximum absolute atomic E-state index is 10.3. The Morgan fingerprint density at radius 2 is 2.23 bits per heavy atom. The normalized spacial score (nSPS) is 35.2. The molecule has 1 aliphatic rings. The Morgan fingerprint density at radius 1 is 1.62 bits per heavy atom. The predicted octanol–water partition coefficient (Wildman–Crippen LogP) is -1.26. The van der Waals surface area contributed by atoms with Crippen LogP contribution in [0.15, 0.2) is 0 Å². The molecule has 1 aliphatic heterocycles. The number of phosphoric ester groups is 1. The molecule has 3 unspecified atom stereocenters. The largest absolute Gasteiger partial charge is 0.469 e. The van der Waals surface area contributed by atoms with Gasteiger partial charge in [0.1, 0.15) is 7.85 Å². The maximum Gasteiger partial charge on any atom is 0.469 e. The summed E-state index contributed by atoms with van der Waals surface area (Å²) in [6, 6.07) is -0.801. The van der Waals surface area contributed by atoms with Crippen LogP contribution < -0.4 is 0 Å². The summed E-state index contributed by atoms with van der Waals surface area (Å²) in [5.74, 6) is 0. The van der Waals surface area contributed by atoms with Gasteiger partial charge >= 0.3 is 7.82 Å². The molecule has 1 fully saturated rings. The molecule has 0 aliphatic carbocycles. The fraction of sp³-hybridized carbons (Fsp3) is 1.00. The molecule has 74 valence electrons. The molecule has 1 rings (SSSR count). The fourth-order valence-electron chi connectivity index (χ4n) is 1.06. The van der Waals surface area contributed by atoms with E-state index in [1.807, 2.05) is 0 Å². The van der Waals surface area contributed by atoms with E-state index in [1.54, 1.807) is 0 Å². The van der Waals surface area contributed by atoms with Crippen LogP contribution in [0.3, 0.4) is 0 Å². The molecule has 0 amide bonds. The van der Waals surface area contributed by atoms with Gasteiger partial charge in [-0.3, -0.25) is 4.52 Å². The molecule has 8 heteroatoms. The van der Waals surface area contributed by atoms with Crippen LogP contribution in [0.4, 0.5) is 0 Å². The van der Waals surface area contributed by atoms with Gasteiger partial charge in [-0.15, -0.1) is 0 Å². The Labute approximate surface area is 76.5 Å². The summed E-state index contributed by atoms with van der Waals surface area (Å²) in [5.41, 5.74) is 0. The van der Waals surface area contributed by atoms with E-state index >= 15 is 0 Å². The first-order valence-electron chi connectivity index (χ1n) is 3.67. The zero-order valence-corrected chi connectivity index (χ0v) is 7.63. The van der Waals surface area contributed by atoms with Gasteiger partial charge in [-0.2, -0.15) is 0 Å². The minimum absolute atomic E-state index is 0.223. The Morgan fingerprint density at radius 3 is 2.62 bits per heavy atom. The van der Waals surface area contributed by atoms with Crippen LogP contribution in [0.1, 0.15) is 6.42 Å². The lowest BCUT2D eigenvalue weighted by Gasteiger charge is -2.11. The van der Waals surface area contributed by atoms with Gasteiger partial charge in [-0.25, -0.2) is 4.57 Å². The van der Waals surface area contributed by atoms with Crippen molar-refractivity contribution in [1.29, 1.82) is 0 Å². The minimum Gasteiger partial charge on any atom is -0.391 e. The van der Waals surface area contributed by atoms with Gasteiger partial charge in [0.05, 0.1) is 18.8 Å². The third-order valence-corrected chi connectivity index (χ3v) is 2.15. The fourth-order valence-corrected chi connectivity index (χ4v) is 1.42. The SMILES string of the molecule is [B]C1OC(COP(=O)(O)O)CC1O. The summed E-state index contributed by atoms with van der Waals surface area (Å²) in [5, 5.41) is 9.10. The highest BCUT2D eigenvalue weighted by atomic mass is 31.2. The van der Waals surface area contributed by atoms with E-state index in [0.717, 1.165) is 0 Å². The van der Waals surface area contributed by atoms with Gasteiger partial charge in [0.15, 0.2) is 0 Å². The van der Waals surface area contributed by atoms with Gasteiger partial charge in [-0.1, -0.05) is 0 Å². The molecular formula is C5H10BO6P. The monoisotopic (exact) mass is 208 g/mol. The highest BCUT2D eigenvalue weighted by Gasteiger charge is 2.31. The van der Waals surface area contributed by atoms with E-state index in [-0.39, 0.29) is 13.0 Å². The lowest BCUT2D eigenvalue weighted by Crippen LogP contribution is -2.20. The topological polar surface area (TPSA) is 96.2 Å². The third kappa shape index (κ3) is 3.76. The van der Waals surface area contributed by atoms with Crippen molar-refractivity contribution in [1.82, 2.24) is 0 Å². The summed E-state index contributed by atoms with van der Waals surface area (Å²) < 4.78 is 19.4. The molecule has 0 aromatic rings. The highest BCUT2D eigenvalue weighted by molar-refractivity contribution is 7.46. The summed E-state index contributed by atoms with van der Waals surface area (Å²) in [4.78, 5) is 16.7. The molecule has 0 saturated carbocycles. The lowest BCUT2D eigenvalue weighted by atomic mass is 9.95. The predicted molar refractivity (Wildman–Crippen MR) is 43.0 cm³/mol. The van der Waals surface area contributed by atoms with Crippen molar-refractivity contribution in [2.24, 2.45) is 0 Å². The Bertz CT molecular complexity index is 207. The van der Waals surface area contributed by atoms with Crippen LogP contribution >= 0.6 is 7.82 Å². The average Bonchev–Trinajstić information content (AvgIpc) is 2.27. The van der Waals surface area contributed by atoms with Crippen molar-refractivity contribution in [3.05, 3.63) is 0 Å². The van der Waals surface area contributed by atoms with Crippen LogP contribution in [-0.4, -0.2) is 47.6 Å². The Balaban J connectivity index is 2.29. The molecular weight excluding hydrogens is 198 g/mol. The molecule has 0 aromatic heterocycles. The first-order valence-corrected chi connectivity index (χ1v) is 5.21. The van der Waals surface area contributed by atoms with Gasteiger partial charge in [0, 0.05) is 12.4 Å². The zero-order chi connectivity index (χ0) is 10.1. The number of hydrogen-bond donors (Lipinski definition) is 3. The standard InChI is InChI=1S/C5H10BO6P/c6-5-4(7)1-3(12-5)2-11-13(8,9)10/h3-5,7H,1-2H2,(H2,8,9,10). The number of hydrogen-bond acceptors (Lipinski definition) is 4. The molecule has 3 atom stereocenters. The van der Waals surface area contributed by atoms with Crippen LogP contribution in [-0.2, 0) is 13.8 Å². The first-order chi connectivity index (χ1) is 5.88. The van der Waals surface area contributed by atoms with Crippen molar-refractivity contribution in [3.63, 3.8) is 0 Å². The third-order valence-electron chi connectivity index (χ3n) is 1.66. The van der Waals surface area contributed by atoms with E-state index in [0.29, 0.717) is 0 Å². The summed E-state index contributed by atoms with van der Waals surface area (Å²) in [6.45, 7) is -0.269. The number of aliphatic hydroxyl groups excluding tert-OH is 1. The van der Waals surface area contributed by atoms with Crippen LogP contribution in [0.25, 0.3) is 0 Å². The highest BCUT2D eigenvalue weighted by Crippen LogP contribution is 2.36. The zero-order valence-electron chi connectivity index (χ0n) is 6.74. The Hall–Kier alpha value is 0.0949. The van der Waals surface area contributed by atoms with Crippen LogP contribution in [0, 0.1) is 0 Å². The number of phosphoric acid groups is 1. The second kappa shape index (κ2) is 4.08. The number of aliphatic hydroxyl groups is 1. The van der Waals surface area contributed by atoms with Crippen molar-refractivity contribution >= 4 is 15.7 Å². The van der Waals surface area contributed by atoms with Crippen molar-refractivity contribution in [2.45, 2.75) is 24.6 Å². The molecule has 6 nitrogen and oxygen atoms in total. The molecule has 0 bridgehead atoms. The first kappa shape index (κ1) is 11.2. The molecule has 13 heavy (non-hydrogen) atoms. The summed E-state index contributed by atoms with van der Waals surface area (Å²) in [6.07, 6.45) is -1.13. The molecule has 1 saturated heterocycles. The molecule has 2 radical (unpaired) electrons. The van der Waals surface area contributed by atoms with Gasteiger partial charge in [0.25, 0.3) is 0 Å². The lowest BCUT2D eigenvalue weighted by molar-refractivity contribution is 0.0292. The average molecular weight is 208 g/mol. The summed E-state index contributed by atoms with van der Waals surface area (Å²) >= 11 is 0. The van der Waals surface area contributed by atoms with E-state index < -0.39 is 26.0 Å². The van der Waals surface area contributed by atoms with Gasteiger partial charge < -0.3 is 19.6 Å². The quantitative estimate of drug-likeness (QED) is 0.395. The van der Waals surface area contributed by atoms with Crippen molar-refractivity contribution in [2.75, 3.05) is 6.61 Å². The van der Waals surface area contributed by atoms with E-state index in [2.05, 4.69) is 4.52 Å². The number of ether oxygens (including phenoxy) is 1. The minimum atomic E-state index is -4.46. The van der Waals surface area contributed by atoms with Gasteiger partial charge in [-0.05, 0) is 0 Å². The molecule has 0 spiro atoms. The number of rotatable bonds is 3. The molecule has 1 heterocycles. The van der Waals surface area contributed by atoms with E-state index in [1.165, 1.54) is 0 Å². The van der Waals surface area contributed by atoms with Crippen LogP contribution in [0.2, 0.25) is 0 Å². The van der Waals surface area contributed by atoms with Gasteiger partial charge in [0.2, 0.25) is 0 Å². The second-order valence-electron chi connectivity index (χ2n) is 2.81. The van der Waals surface area contributed by atoms with E-state index in [4.69, 9.17) is 27.5 Å². The van der Waals surface area contributed by atoms with E-state index in [9.17, 15) is 4.57 Å².